The second-order valence-corrected chi connectivity index (χ2v) is 4.61. The third-order valence-corrected chi connectivity index (χ3v) is 3.15. The van der Waals surface area contributed by atoms with E-state index in [1.807, 2.05) is 25.1 Å². The number of aromatic nitrogens is 1. The topological polar surface area (TPSA) is 63.3 Å². The van der Waals surface area contributed by atoms with E-state index in [9.17, 15) is 4.79 Å². The van der Waals surface area contributed by atoms with Gasteiger partial charge in [0.1, 0.15) is 17.0 Å². The van der Waals surface area contributed by atoms with Crippen molar-refractivity contribution < 1.29 is 14.4 Å². The van der Waals surface area contributed by atoms with Crippen LogP contribution in [0.4, 0.5) is 0 Å². The molecule has 0 spiro atoms. The summed E-state index contributed by atoms with van der Waals surface area (Å²) in [7, 11) is 0. The number of benzene rings is 1. The molecule has 4 nitrogen and oxygen atoms in total. The first-order valence-electron chi connectivity index (χ1n) is 4.97. The van der Waals surface area contributed by atoms with Gasteiger partial charge in [-0.2, -0.15) is 0 Å². The van der Waals surface area contributed by atoms with Gasteiger partial charge in [-0.05, 0) is 26.0 Å². The van der Waals surface area contributed by atoms with Crippen LogP contribution in [0.15, 0.2) is 27.2 Å². The number of hydrogen-bond donors (Lipinski definition) is 1. The normalized spacial score (nSPS) is 10.5. The van der Waals surface area contributed by atoms with Crippen LogP contribution in [0.3, 0.4) is 0 Å². The van der Waals surface area contributed by atoms with Gasteiger partial charge in [0.2, 0.25) is 0 Å². The summed E-state index contributed by atoms with van der Waals surface area (Å²) in [5.41, 5.74) is 2.21. The molecule has 0 aliphatic carbocycles. The molecule has 0 saturated heterocycles. The average Bonchev–Trinajstić information content (AvgIpc) is 2.64. The number of aryl methyl sites for hydroxylation is 2. The Kier molecular flexibility index (Phi) is 3.02. The molecule has 1 heterocycles. The second kappa shape index (κ2) is 4.33. The van der Waals surface area contributed by atoms with Gasteiger partial charge in [-0.1, -0.05) is 32.7 Å². The zero-order chi connectivity index (χ0) is 12.6. The van der Waals surface area contributed by atoms with E-state index in [0.29, 0.717) is 11.5 Å². The number of halogens is 1. The Labute approximate surface area is 106 Å². The van der Waals surface area contributed by atoms with Crippen LogP contribution in [-0.2, 0) is 0 Å². The van der Waals surface area contributed by atoms with Crippen molar-refractivity contribution in [3.63, 3.8) is 0 Å². The summed E-state index contributed by atoms with van der Waals surface area (Å²) in [4.78, 5) is 11.2. The van der Waals surface area contributed by atoms with Crippen molar-refractivity contribution in [2.24, 2.45) is 0 Å². The van der Waals surface area contributed by atoms with E-state index >= 15 is 0 Å². The third kappa shape index (κ3) is 2.10. The van der Waals surface area contributed by atoms with Gasteiger partial charge in [0.05, 0.1) is 0 Å². The third-order valence-electron chi connectivity index (χ3n) is 2.45. The van der Waals surface area contributed by atoms with Gasteiger partial charge >= 0.3 is 5.97 Å². The van der Waals surface area contributed by atoms with Crippen LogP contribution in [0.25, 0.3) is 11.3 Å². The highest BCUT2D eigenvalue weighted by atomic mass is 79.9. The fraction of sp³-hybridized carbons (Fsp3) is 0.167. The van der Waals surface area contributed by atoms with Gasteiger partial charge in [-0.3, -0.25) is 0 Å². The molecule has 0 atom stereocenters. The van der Waals surface area contributed by atoms with Crippen molar-refractivity contribution in [1.82, 2.24) is 5.16 Å². The SMILES string of the molecule is Cc1ccc(Br)c(-c2noc(C)c2C(=O)O)c1. The van der Waals surface area contributed by atoms with Gasteiger partial charge in [-0.25, -0.2) is 4.79 Å². The maximum absolute atomic E-state index is 11.2. The Balaban J connectivity index is 2.68. The summed E-state index contributed by atoms with van der Waals surface area (Å²) in [5, 5.41) is 13.0. The molecular weight excluding hydrogens is 286 g/mol. The van der Waals surface area contributed by atoms with E-state index < -0.39 is 5.97 Å². The number of carboxylic acid groups (broad SMARTS) is 1. The molecule has 2 rings (SSSR count). The number of hydrogen-bond acceptors (Lipinski definition) is 3. The van der Waals surface area contributed by atoms with Gasteiger partial charge in [0, 0.05) is 10.0 Å². The van der Waals surface area contributed by atoms with E-state index in [0.717, 1.165) is 15.6 Å². The fourth-order valence-corrected chi connectivity index (χ4v) is 2.06. The average molecular weight is 296 g/mol. The Morgan fingerprint density at radius 2 is 2.12 bits per heavy atom. The molecule has 0 fully saturated rings. The lowest BCUT2D eigenvalue weighted by Crippen LogP contribution is -1.99. The summed E-state index contributed by atoms with van der Waals surface area (Å²) >= 11 is 3.39. The molecule has 0 saturated carbocycles. The number of nitrogens with zero attached hydrogens (tertiary/aromatic N) is 1. The van der Waals surface area contributed by atoms with Crippen LogP contribution in [0.2, 0.25) is 0 Å². The molecule has 0 bridgehead atoms. The van der Waals surface area contributed by atoms with Crippen molar-refractivity contribution in [3.05, 3.63) is 39.6 Å². The molecule has 1 aromatic heterocycles. The van der Waals surface area contributed by atoms with Crippen molar-refractivity contribution in [3.8, 4) is 11.3 Å². The minimum Gasteiger partial charge on any atom is -0.477 e. The predicted molar refractivity (Wildman–Crippen MR) is 66.1 cm³/mol. The lowest BCUT2D eigenvalue weighted by Gasteiger charge is -2.03. The van der Waals surface area contributed by atoms with Crippen LogP contribution >= 0.6 is 15.9 Å². The zero-order valence-corrected chi connectivity index (χ0v) is 10.9. The molecule has 17 heavy (non-hydrogen) atoms. The van der Waals surface area contributed by atoms with Gasteiger partial charge in [0.15, 0.2) is 0 Å². The zero-order valence-electron chi connectivity index (χ0n) is 9.32. The van der Waals surface area contributed by atoms with Crippen LogP contribution < -0.4 is 0 Å². The lowest BCUT2D eigenvalue weighted by molar-refractivity contribution is 0.0696. The standard InChI is InChI=1S/C12H10BrNO3/c1-6-3-4-9(13)8(5-6)11-10(12(15)16)7(2)17-14-11/h3-5H,1-2H3,(H,15,16). The van der Waals surface area contributed by atoms with E-state index in [4.69, 9.17) is 9.63 Å². The van der Waals surface area contributed by atoms with E-state index in [1.54, 1.807) is 6.92 Å². The Hall–Kier alpha value is -1.62. The maximum Gasteiger partial charge on any atom is 0.341 e. The highest BCUT2D eigenvalue weighted by Gasteiger charge is 2.22. The highest BCUT2D eigenvalue weighted by Crippen LogP contribution is 2.32. The van der Waals surface area contributed by atoms with Crippen LogP contribution in [0.1, 0.15) is 21.7 Å². The molecule has 0 aliphatic heterocycles. The monoisotopic (exact) mass is 295 g/mol. The summed E-state index contributed by atoms with van der Waals surface area (Å²) in [6.45, 7) is 3.52. The molecule has 2 aromatic rings. The number of aromatic carboxylic acids is 1. The molecule has 1 N–H and O–H groups in total. The number of carboxylic acids is 1. The van der Waals surface area contributed by atoms with E-state index in [1.165, 1.54) is 0 Å². The van der Waals surface area contributed by atoms with Gasteiger partial charge < -0.3 is 9.63 Å². The largest absolute Gasteiger partial charge is 0.477 e. The quantitative estimate of drug-likeness (QED) is 0.922. The Morgan fingerprint density at radius 1 is 1.41 bits per heavy atom. The summed E-state index contributed by atoms with van der Waals surface area (Å²) < 4.78 is 5.75. The summed E-state index contributed by atoms with van der Waals surface area (Å²) in [5.74, 6) is -0.729. The Bertz CT molecular complexity index is 589. The maximum atomic E-state index is 11.2. The van der Waals surface area contributed by atoms with E-state index in [2.05, 4.69) is 21.1 Å². The van der Waals surface area contributed by atoms with Gasteiger partial charge in [-0.15, -0.1) is 0 Å². The summed E-state index contributed by atoms with van der Waals surface area (Å²) in [6.07, 6.45) is 0. The molecule has 5 heteroatoms. The molecule has 0 unspecified atom stereocenters. The number of carbonyl (C=O) groups is 1. The minimum atomic E-state index is -1.04. The van der Waals surface area contributed by atoms with Crippen LogP contribution in [0.5, 0.6) is 0 Å². The first-order valence-corrected chi connectivity index (χ1v) is 5.76. The smallest absolute Gasteiger partial charge is 0.341 e. The van der Waals surface area contributed by atoms with Crippen molar-refractivity contribution in [2.45, 2.75) is 13.8 Å². The van der Waals surface area contributed by atoms with Crippen molar-refractivity contribution >= 4 is 21.9 Å². The van der Waals surface area contributed by atoms with Crippen molar-refractivity contribution in [1.29, 1.82) is 0 Å². The molecule has 0 aliphatic rings. The van der Waals surface area contributed by atoms with Crippen molar-refractivity contribution in [2.75, 3.05) is 0 Å². The lowest BCUT2D eigenvalue weighted by atomic mass is 10.0. The molecule has 0 radical (unpaired) electrons. The Morgan fingerprint density at radius 3 is 2.76 bits per heavy atom. The molecule has 0 amide bonds. The predicted octanol–water partition coefficient (Wildman–Crippen LogP) is 3.42. The van der Waals surface area contributed by atoms with Crippen LogP contribution in [0, 0.1) is 13.8 Å². The van der Waals surface area contributed by atoms with Gasteiger partial charge in [0.25, 0.3) is 0 Å². The molecular formula is C12H10BrNO3. The number of rotatable bonds is 2. The van der Waals surface area contributed by atoms with E-state index in [-0.39, 0.29) is 5.56 Å². The minimum absolute atomic E-state index is 0.108. The van der Waals surface area contributed by atoms with Crippen LogP contribution in [-0.4, -0.2) is 16.2 Å². The highest BCUT2D eigenvalue weighted by molar-refractivity contribution is 9.10. The fourth-order valence-electron chi connectivity index (χ4n) is 1.63. The molecule has 1 aromatic carbocycles. The second-order valence-electron chi connectivity index (χ2n) is 3.75. The first kappa shape index (κ1) is 11.9. The summed E-state index contributed by atoms with van der Waals surface area (Å²) in [6, 6.07) is 5.66. The first-order chi connectivity index (χ1) is 8.00. The molecule has 88 valence electrons.